The summed E-state index contributed by atoms with van der Waals surface area (Å²) in [5.74, 6) is 1.72. The first-order valence-corrected chi connectivity index (χ1v) is 19.9. The number of piperazine rings is 1. The number of aromatic amines is 1. The van der Waals surface area contributed by atoms with E-state index in [1.165, 1.54) is 0 Å². The number of pyridine rings is 1. The molecule has 0 bridgehead atoms. The summed E-state index contributed by atoms with van der Waals surface area (Å²) in [5.41, 5.74) is 0.806. The molecular formula is C35H53N7O5Si. The van der Waals surface area contributed by atoms with E-state index in [4.69, 9.17) is 18.9 Å². The van der Waals surface area contributed by atoms with Crippen LogP contribution in [-0.2, 0) is 9.16 Å². The fourth-order valence-electron chi connectivity index (χ4n) is 5.99. The number of rotatable bonds is 8. The molecule has 3 N–H and O–H groups in total. The number of carbonyl (C=O) groups is 1. The number of H-pyrrole nitrogens is 1. The Bertz CT molecular complexity index is 1650. The average Bonchev–Trinajstić information content (AvgIpc) is 3.01. The minimum absolute atomic E-state index is 0.189. The van der Waals surface area contributed by atoms with Crippen LogP contribution in [0.3, 0.4) is 0 Å². The molecule has 2 fully saturated rings. The molecule has 0 radical (unpaired) electrons. The number of amides is 1. The lowest BCUT2D eigenvalue weighted by molar-refractivity contribution is 0.0240. The summed E-state index contributed by atoms with van der Waals surface area (Å²) >= 11 is 0. The van der Waals surface area contributed by atoms with Crippen molar-refractivity contribution in [1.82, 2.24) is 20.1 Å². The van der Waals surface area contributed by atoms with E-state index < -0.39 is 13.9 Å². The molecule has 1 aliphatic heterocycles. The Morgan fingerprint density at radius 3 is 2.31 bits per heavy atom. The fraction of sp³-hybridized carbons (Fsp3) is 0.600. The second-order valence-electron chi connectivity index (χ2n) is 15.5. The predicted molar refractivity (Wildman–Crippen MR) is 194 cm³/mol. The van der Waals surface area contributed by atoms with Crippen LogP contribution in [0.25, 0.3) is 10.8 Å². The van der Waals surface area contributed by atoms with Crippen molar-refractivity contribution in [3.8, 4) is 5.75 Å². The lowest BCUT2D eigenvalue weighted by Crippen LogP contribution is -2.50. The minimum atomic E-state index is -1.82. The van der Waals surface area contributed by atoms with Crippen LogP contribution in [0.5, 0.6) is 5.75 Å². The Morgan fingerprint density at radius 1 is 1.00 bits per heavy atom. The van der Waals surface area contributed by atoms with E-state index in [0.717, 1.165) is 31.4 Å². The van der Waals surface area contributed by atoms with Gasteiger partial charge in [-0.1, -0.05) is 20.8 Å². The molecule has 262 valence electrons. The molecular weight excluding hydrogens is 627 g/mol. The largest absolute Gasteiger partial charge is 0.494 e. The van der Waals surface area contributed by atoms with Crippen molar-refractivity contribution in [2.24, 2.45) is 0 Å². The zero-order chi connectivity index (χ0) is 34.9. The topological polar surface area (TPSA) is 134 Å². The average molecular weight is 680 g/mol. The van der Waals surface area contributed by atoms with Gasteiger partial charge < -0.3 is 34.3 Å². The van der Waals surface area contributed by atoms with E-state index in [0.29, 0.717) is 60.0 Å². The summed E-state index contributed by atoms with van der Waals surface area (Å²) in [5, 5.41) is 14.9. The standard InChI is InChI=1S/C35H53N7O5Si/c1-34(2,3)46-33(44)42-18-16-41(17-19-42)25-12-15-27(28(21-25)45-7)38-31-30-23(22-36-40-32(30)43)20-29(39-31)37-24-10-13-26(14-11-24)47-48(8,9)35(4,5)6/h12,15,20-22,24,26H,10-11,13-14,16-19H2,1-9H3,(H,40,43)(H2,37,38,39)/t24-,26-. The summed E-state index contributed by atoms with van der Waals surface area (Å²) < 4.78 is 18.0. The highest BCUT2D eigenvalue weighted by Gasteiger charge is 2.40. The predicted octanol–water partition coefficient (Wildman–Crippen LogP) is 6.87. The number of hydrogen-bond donors (Lipinski definition) is 3. The molecule has 0 atom stereocenters. The van der Waals surface area contributed by atoms with Crippen LogP contribution >= 0.6 is 0 Å². The van der Waals surface area contributed by atoms with Crippen molar-refractivity contribution in [1.29, 1.82) is 0 Å². The molecule has 1 amide bonds. The first kappa shape index (κ1) is 35.5. The maximum absolute atomic E-state index is 13.0. The zero-order valence-corrected chi connectivity index (χ0v) is 31.0. The van der Waals surface area contributed by atoms with Gasteiger partial charge in [-0.05, 0) is 82.8 Å². The third kappa shape index (κ3) is 8.41. The van der Waals surface area contributed by atoms with E-state index in [1.807, 2.05) is 45.0 Å². The van der Waals surface area contributed by atoms with Crippen molar-refractivity contribution >= 4 is 48.2 Å². The first-order valence-electron chi connectivity index (χ1n) is 17.0. The molecule has 1 aliphatic carbocycles. The highest BCUT2D eigenvalue weighted by Crippen LogP contribution is 2.40. The van der Waals surface area contributed by atoms with Gasteiger partial charge in [0.2, 0.25) is 0 Å². The molecule has 13 heteroatoms. The van der Waals surface area contributed by atoms with Gasteiger partial charge in [-0.25, -0.2) is 14.9 Å². The van der Waals surface area contributed by atoms with E-state index in [9.17, 15) is 9.59 Å². The quantitative estimate of drug-likeness (QED) is 0.217. The third-order valence-corrected chi connectivity index (χ3v) is 14.2. The highest BCUT2D eigenvalue weighted by atomic mass is 28.4. The second kappa shape index (κ2) is 13.9. The van der Waals surface area contributed by atoms with Crippen LogP contribution in [0.15, 0.2) is 35.3 Å². The van der Waals surface area contributed by atoms with E-state index in [2.05, 4.69) is 59.6 Å². The Morgan fingerprint density at radius 2 is 1.69 bits per heavy atom. The number of aromatic nitrogens is 3. The van der Waals surface area contributed by atoms with Gasteiger partial charge >= 0.3 is 6.09 Å². The molecule has 12 nitrogen and oxygen atoms in total. The molecule has 2 aliphatic rings. The maximum Gasteiger partial charge on any atom is 0.410 e. The molecule has 2 aromatic heterocycles. The lowest BCUT2D eigenvalue weighted by atomic mass is 9.93. The number of nitrogens with one attached hydrogen (secondary N) is 3. The van der Waals surface area contributed by atoms with Gasteiger partial charge in [0, 0.05) is 55.5 Å². The number of benzene rings is 1. The molecule has 0 spiro atoms. The van der Waals surface area contributed by atoms with Crippen LogP contribution in [0.1, 0.15) is 67.2 Å². The summed E-state index contributed by atoms with van der Waals surface area (Å²) in [4.78, 5) is 34.4. The Labute approximate surface area is 285 Å². The normalized spacial score (nSPS) is 19.3. The second-order valence-corrected chi connectivity index (χ2v) is 20.2. The van der Waals surface area contributed by atoms with E-state index >= 15 is 0 Å². The molecule has 3 heterocycles. The van der Waals surface area contributed by atoms with Crippen LogP contribution in [0.2, 0.25) is 18.1 Å². The molecule has 3 aromatic rings. The fourth-order valence-corrected chi connectivity index (χ4v) is 7.42. The van der Waals surface area contributed by atoms with Crippen LogP contribution in [-0.4, -0.2) is 85.5 Å². The van der Waals surface area contributed by atoms with Gasteiger partial charge in [0.1, 0.15) is 23.0 Å². The SMILES string of the molecule is COc1cc(N2CCN(C(=O)OC(C)(C)C)CC2)ccc1Nc1nc(N[C@H]2CC[C@H](O[Si](C)(C)C(C)(C)C)CC2)cc2cn[nH]c(=O)c12. The zero-order valence-electron chi connectivity index (χ0n) is 30.0. The number of hydrogen-bond acceptors (Lipinski definition) is 10. The Kier molecular flexibility index (Phi) is 10.3. The third-order valence-electron chi connectivity index (χ3n) is 9.68. The van der Waals surface area contributed by atoms with Gasteiger partial charge in [-0.3, -0.25) is 4.79 Å². The Hall–Kier alpha value is -3.84. The molecule has 0 unspecified atom stereocenters. The van der Waals surface area contributed by atoms with Gasteiger partial charge in [0.05, 0.1) is 24.4 Å². The Balaban J connectivity index is 1.29. The van der Waals surface area contributed by atoms with Gasteiger partial charge in [0.15, 0.2) is 8.32 Å². The van der Waals surface area contributed by atoms with Gasteiger partial charge in [-0.15, -0.1) is 0 Å². The monoisotopic (exact) mass is 679 g/mol. The van der Waals surface area contributed by atoms with Crippen molar-refractivity contribution in [2.75, 3.05) is 48.8 Å². The lowest BCUT2D eigenvalue weighted by Gasteiger charge is -2.41. The summed E-state index contributed by atoms with van der Waals surface area (Å²) in [6, 6.07) is 8.04. The smallest absolute Gasteiger partial charge is 0.410 e. The number of nitrogens with zero attached hydrogens (tertiary/aromatic N) is 4. The maximum atomic E-state index is 13.0. The first-order chi connectivity index (χ1) is 22.5. The molecule has 1 saturated carbocycles. The molecule has 48 heavy (non-hydrogen) atoms. The van der Waals surface area contributed by atoms with Crippen molar-refractivity contribution in [3.05, 3.63) is 40.8 Å². The van der Waals surface area contributed by atoms with Gasteiger partial charge in [-0.2, -0.15) is 5.10 Å². The number of ether oxygens (including phenoxy) is 2. The number of carbonyl (C=O) groups excluding carboxylic acids is 1. The summed E-state index contributed by atoms with van der Waals surface area (Å²) in [6.07, 6.45) is 5.62. The summed E-state index contributed by atoms with van der Waals surface area (Å²) in [6.45, 7) is 19.6. The molecule has 1 saturated heterocycles. The molecule has 5 rings (SSSR count). The van der Waals surface area contributed by atoms with Crippen molar-refractivity contribution in [3.63, 3.8) is 0 Å². The number of fused-ring (bicyclic) bond motifs is 1. The highest BCUT2D eigenvalue weighted by molar-refractivity contribution is 6.74. The number of anilines is 4. The minimum Gasteiger partial charge on any atom is -0.494 e. The summed E-state index contributed by atoms with van der Waals surface area (Å²) in [7, 11) is -0.196. The van der Waals surface area contributed by atoms with Crippen molar-refractivity contribution in [2.45, 2.75) is 103 Å². The van der Waals surface area contributed by atoms with Gasteiger partial charge in [0.25, 0.3) is 5.56 Å². The van der Waals surface area contributed by atoms with Crippen LogP contribution in [0.4, 0.5) is 27.8 Å². The molecule has 1 aromatic carbocycles. The van der Waals surface area contributed by atoms with E-state index in [-0.39, 0.29) is 28.8 Å². The van der Waals surface area contributed by atoms with Crippen LogP contribution in [0, 0.1) is 0 Å². The van der Waals surface area contributed by atoms with Crippen LogP contribution < -0.4 is 25.8 Å². The number of methoxy groups -OCH3 is 1. The van der Waals surface area contributed by atoms with E-state index in [1.54, 1.807) is 18.2 Å². The van der Waals surface area contributed by atoms with Crippen molar-refractivity contribution < 1.29 is 18.7 Å².